The number of rotatable bonds is 6. The molecular formula is C21H25N3O3. The molecule has 1 N–H and O–H groups in total. The summed E-state index contributed by atoms with van der Waals surface area (Å²) in [5.41, 5.74) is 0.567. The first-order valence-electron chi connectivity index (χ1n) is 9.34. The van der Waals surface area contributed by atoms with Gasteiger partial charge in [0, 0.05) is 38.7 Å². The lowest BCUT2D eigenvalue weighted by Gasteiger charge is -2.31. The molecule has 1 saturated heterocycles. The number of para-hydroxylation sites is 1. The van der Waals surface area contributed by atoms with Gasteiger partial charge in [0.25, 0.3) is 0 Å². The van der Waals surface area contributed by atoms with Gasteiger partial charge in [-0.1, -0.05) is 18.2 Å². The summed E-state index contributed by atoms with van der Waals surface area (Å²) in [5.74, 6) is 1.85. The monoisotopic (exact) mass is 367 g/mol. The number of carbonyl (C=O) groups is 2. The number of hydrogen-bond donors (Lipinski definition) is 1. The predicted octanol–water partition coefficient (Wildman–Crippen LogP) is 3.85. The zero-order valence-electron chi connectivity index (χ0n) is 15.6. The van der Waals surface area contributed by atoms with E-state index in [1.165, 1.54) is 0 Å². The maximum absolute atomic E-state index is 12.4. The Kier molecular flexibility index (Phi) is 6.41. The minimum absolute atomic E-state index is 0.0464. The van der Waals surface area contributed by atoms with Gasteiger partial charge >= 0.3 is 0 Å². The molecule has 6 heteroatoms. The summed E-state index contributed by atoms with van der Waals surface area (Å²) in [5, 5.41) is 2.91. The molecular weight excluding hydrogens is 342 g/mol. The molecule has 0 spiro atoms. The van der Waals surface area contributed by atoms with Gasteiger partial charge in [-0.05, 0) is 37.3 Å². The standard InChI is InChI=1S/C21H25N3O3/c1-16(25)24-13-10-17(11-14-24)7-8-21(26)23-19-15-22-12-9-20(19)27-18-5-3-2-4-6-18/h2-6,9,12,15,17H,7-8,10-11,13-14H2,1H3,(H,23,26). The average molecular weight is 367 g/mol. The van der Waals surface area contributed by atoms with Crippen LogP contribution in [0, 0.1) is 5.92 Å². The number of ether oxygens (including phenoxy) is 1. The van der Waals surface area contributed by atoms with Crippen LogP contribution in [0.3, 0.4) is 0 Å². The first-order chi connectivity index (χ1) is 13.1. The molecule has 0 radical (unpaired) electrons. The molecule has 1 aliphatic rings. The van der Waals surface area contributed by atoms with E-state index < -0.39 is 0 Å². The zero-order valence-corrected chi connectivity index (χ0v) is 15.6. The number of carbonyl (C=O) groups excluding carboxylic acids is 2. The van der Waals surface area contributed by atoms with Crippen LogP contribution in [-0.4, -0.2) is 34.8 Å². The van der Waals surface area contributed by atoms with E-state index in [0.717, 1.165) is 32.4 Å². The molecule has 1 aromatic carbocycles. The molecule has 3 rings (SSSR count). The van der Waals surface area contributed by atoms with Crippen LogP contribution >= 0.6 is 0 Å². The van der Waals surface area contributed by atoms with Crippen molar-refractivity contribution in [3.05, 3.63) is 48.8 Å². The van der Waals surface area contributed by atoms with Gasteiger partial charge in [-0.3, -0.25) is 14.6 Å². The maximum atomic E-state index is 12.4. The van der Waals surface area contributed by atoms with Gasteiger partial charge in [-0.15, -0.1) is 0 Å². The van der Waals surface area contributed by atoms with E-state index >= 15 is 0 Å². The molecule has 0 saturated carbocycles. The Balaban J connectivity index is 1.50. The summed E-state index contributed by atoms with van der Waals surface area (Å²) in [6, 6.07) is 11.2. The summed E-state index contributed by atoms with van der Waals surface area (Å²) >= 11 is 0. The van der Waals surface area contributed by atoms with Crippen molar-refractivity contribution in [2.45, 2.75) is 32.6 Å². The lowest BCUT2D eigenvalue weighted by atomic mass is 9.92. The Labute approximate surface area is 159 Å². The highest BCUT2D eigenvalue weighted by atomic mass is 16.5. The highest BCUT2D eigenvalue weighted by Gasteiger charge is 2.21. The molecule has 1 aromatic heterocycles. The summed E-state index contributed by atoms with van der Waals surface area (Å²) in [6.45, 7) is 3.19. The number of likely N-dealkylation sites (tertiary alicyclic amines) is 1. The van der Waals surface area contributed by atoms with Crippen LogP contribution in [0.15, 0.2) is 48.8 Å². The Hall–Kier alpha value is -2.89. The highest BCUT2D eigenvalue weighted by molar-refractivity contribution is 5.92. The van der Waals surface area contributed by atoms with Gasteiger partial charge in [-0.25, -0.2) is 0 Å². The van der Waals surface area contributed by atoms with Crippen molar-refractivity contribution < 1.29 is 14.3 Å². The molecule has 0 aliphatic carbocycles. The van der Waals surface area contributed by atoms with Crippen molar-refractivity contribution in [2.24, 2.45) is 5.92 Å². The molecule has 2 amide bonds. The van der Waals surface area contributed by atoms with E-state index in [2.05, 4.69) is 10.3 Å². The number of nitrogens with zero attached hydrogens (tertiary/aromatic N) is 2. The summed E-state index contributed by atoms with van der Waals surface area (Å²) in [6.07, 6.45) is 6.43. The summed E-state index contributed by atoms with van der Waals surface area (Å²) in [7, 11) is 0. The van der Waals surface area contributed by atoms with Crippen LogP contribution in [0.5, 0.6) is 11.5 Å². The van der Waals surface area contributed by atoms with Crippen LogP contribution in [0.4, 0.5) is 5.69 Å². The lowest BCUT2D eigenvalue weighted by Crippen LogP contribution is -2.37. The number of piperidine rings is 1. The Morgan fingerprint density at radius 1 is 1.19 bits per heavy atom. The minimum Gasteiger partial charge on any atom is -0.455 e. The second kappa shape index (κ2) is 9.16. The summed E-state index contributed by atoms with van der Waals surface area (Å²) in [4.78, 5) is 29.7. The molecule has 27 heavy (non-hydrogen) atoms. The van der Waals surface area contributed by atoms with Gasteiger partial charge < -0.3 is 15.0 Å². The van der Waals surface area contributed by atoms with Gasteiger partial charge in [-0.2, -0.15) is 0 Å². The third-order valence-corrected chi connectivity index (χ3v) is 4.87. The van der Waals surface area contributed by atoms with E-state index in [4.69, 9.17) is 4.74 Å². The molecule has 2 heterocycles. The number of aromatic nitrogens is 1. The van der Waals surface area contributed by atoms with E-state index in [9.17, 15) is 9.59 Å². The molecule has 0 atom stereocenters. The zero-order chi connectivity index (χ0) is 19.1. The van der Waals surface area contributed by atoms with Crippen molar-refractivity contribution in [3.63, 3.8) is 0 Å². The van der Waals surface area contributed by atoms with E-state index in [1.54, 1.807) is 25.4 Å². The number of benzene rings is 1. The fourth-order valence-electron chi connectivity index (χ4n) is 3.26. The first kappa shape index (κ1) is 18.9. The second-order valence-electron chi connectivity index (χ2n) is 6.82. The Morgan fingerprint density at radius 3 is 2.63 bits per heavy atom. The van der Waals surface area contributed by atoms with E-state index in [-0.39, 0.29) is 11.8 Å². The fourth-order valence-corrected chi connectivity index (χ4v) is 3.26. The van der Waals surface area contributed by atoms with Crippen molar-refractivity contribution in [2.75, 3.05) is 18.4 Å². The summed E-state index contributed by atoms with van der Waals surface area (Å²) < 4.78 is 5.85. The van der Waals surface area contributed by atoms with Crippen molar-refractivity contribution >= 4 is 17.5 Å². The largest absolute Gasteiger partial charge is 0.455 e. The smallest absolute Gasteiger partial charge is 0.224 e. The van der Waals surface area contributed by atoms with Crippen molar-refractivity contribution in [1.82, 2.24) is 9.88 Å². The number of nitrogens with one attached hydrogen (secondary N) is 1. The third-order valence-electron chi connectivity index (χ3n) is 4.87. The van der Waals surface area contributed by atoms with Gasteiger partial charge in [0.2, 0.25) is 11.8 Å². The lowest BCUT2D eigenvalue weighted by molar-refractivity contribution is -0.130. The van der Waals surface area contributed by atoms with Crippen molar-refractivity contribution in [3.8, 4) is 11.5 Å². The first-order valence-corrected chi connectivity index (χ1v) is 9.34. The normalized spacial score (nSPS) is 14.6. The van der Waals surface area contributed by atoms with Crippen LogP contribution in [-0.2, 0) is 9.59 Å². The molecule has 6 nitrogen and oxygen atoms in total. The van der Waals surface area contributed by atoms with Gasteiger partial charge in [0.1, 0.15) is 11.4 Å². The highest BCUT2D eigenvalue weighted by Crippen LogP contribution is 2.29. The molecule has 0 unspecified atom stereocenters. The predicted molar refractivity (Wildman–Crippen MR) is 104 cm³/mol. The second-order valence-corrected chi connectivity index (χ2v) is 6.82. The average Bonchev–Trinajstić information content (AvgIpc) is 2.69. The molecule has 142 valence electrons. The topological polar surface area (TPSA) is 71.5 Å². The third kappa shape index (κ3) is 5.54. The van der Waals surface area contributed by atoms with E-state index in [0.29, 0.717) is 29.5 Å². The Morgan fingerprint density at radius 2 is 1.93 bits per heavy atom. The minimum atomic E-state index is -0.0464. The molecule has 1 fully saturated rings. The van der Waals surface area contributed by atoms with Crippen LogP contribution in [0.25, 0.3) is 0 Å². The Bertz CT molecular complexity index is 771. The quantitative estimate of drug-likeness (QED) is 0.842. The molecule has 2 aromatic rings. The maximum Gasteiger partial charge on any atom is 0.224 e. The van der Waals surface area contributed by atoms with Crippen LogP contribution < -0.4 is 10.1 Å². The molecule has 1 aliphatic heterocycles. The van der Waals surface area contributed by atoms with Gasteiger partial charge in [0.05, 0.1) is 6.20 Å². The van der Waals surface area contributed by atoms with Gasteiger partial charge in [0.15, 0.2) is 5.75 Å². The van der Waals surface area contributed by atoms with Crippen molar-refractivity contribution in [1.29, 1.82) is 0 Å². The molecule has 0 bridgehead atoms. The van der Waals surface area contributed by atoms with E-state index in [1.807, 2.05) is 35.2 Å². The number of pyridine rings is 1. The van der Waals surface area contributed by atoms with Crippen LogP contribution in [0.1, 0.15) is 32.6 Å². The van der Waals surface area contributed by atoms with Crippen LogP contribution in [0.2, 0.25) is 0 Å². The number of amides is 2. The number of anilines is 1. The SMILES string of the molecule is CC(=O)N1CCC(CCC(=O)Nc2cnccc2Oc2ccccc2)CC1. The number of hydrogen-bond acceptors (Lipinski definition) is 4. The fraction of sp³-hybridized carbons (Fsp3) is 0.381.